The zero-order chi connectivity index (χ0) is 17.2. The number of para-hydroxylation sites is 1. The van der Waals surface area contributed by atoms with Crippen LogP contribution in [-0.4, -0.2) is 34.4 Å². The molecule has 0 bridgehead atoms. The molecule has 25 heavy (non-hydrogen) atoms. The van der Waals surface area contributed by atoms with Crippen LogP contribution >= 0.6 is 0 Å². The number of likely N-dealkylation sites (tertiary alicyclic amines) is 1. The van der Waals surface area contributed by atoms with E-state index in [1.165, 1.54) is 0 Å². The molecule has 1 atom stereocenters. The van der Waals surface area contributed by atoms with E-state index in [0.717, 1.165) is 41.7 Å². The minimum absolute atomic E-state index is 0.0450. The van der Waals surface area contributed by atoms with Crippen LogP contribution in [0.2, 0.25) is 0 Å². The molecule has 126 valence electrons. The molecule has 0 unspecified atom stereocenters. The summed E-state index contributed by atoms with van der Waals surface area (Å²) >= 11 is 0. The highest BCUT2D eigenvalue weighted by molar-refractivity contribution is 5.97. The normalized spacial score (nSPS) is 17.0. The van der Waals surface area contributed by atoms with Crippen LogP contribution in [0, 0.1) is 0 Å². The van der Waals surface area contributed by atoms with Gasteiger partial charge in [0.1, 0.15) is 5.82 Å². The number of aromatic nitrogens is 2. The Kier molecular flexibility index (Phi) is 4.06. The van der Waals surface area contributed by atoms with Gasteiger partial charge in [0.2, 0.25) is 0 Å². The molecular formula is C20H20N4O. The van der Waals surface area contributed by atoms with Crippen molar-refractivity contribution >= 4 is 22.6 Å². The van der Waals surface area contributed by atoms with Crippen LogP contribution < -0.4 is 5.32 Å². The fourth-order valence-electron chi connectivity index (χ4n) is 3.50. The minimum Gasteiger partial charge on any atom is -0.373 e. The number of rotatable bonds is 3. The highest BCUT2D eigenvalue weighted by atomic mass is 16.2. The van der Waals surface area contributed by atoms with Gasteiger partial charge in [-0.2, -0.15) is 0 Å². The van der Waals surface area contributed by atoms with E-state index in [-0.39, 0.29) is 11.9 Å². The Bertz CT molecular complexity index is 924. The fourth-order valence-corrected chi connectivity index (χ4v) is 3.50. The maximum atomic E-state index is 13.1. The lowest BCUT2D eigenvalue weighted by Gasteiger charge is -2.25. The smallest absolute Gasteiger partial charge is 0.255 e. The number of benzene rings is 1. The second-order valence-electron chi connectivity index (χ2n) is 6.30. The number of hydrogen-bond acceptors (Lipinski definition) is 4. The second-order valence-corrected chi connectivity index (χ2v) is 6.30. The third kappa shape index (κ3) is 2.93. The molecule has 0 radical (unpaired) electrons. The topological polar surface area (TPSA) is 58.1 Å². The van der Waals surface area contributed by atoms with E-state index in [4.69, 9.17) is 0 Å². The second kappa shape index (κ2) is 6.51. The van der Waals surface area contributed by atoms with Gasteiger partial charge in [-0.25, -0.2) is 4.98 Å². The number of fused-ring (bicyclic) bond motifs is 1. The van der Waals surface area contributed by atoms with Gasteiger partial charge in [-0.1, -0.05) is 18.2 Å². The van der Waals surface area contributed by atoms with Crippen molar-refractivity contribution in [3.63, 3.8) is 0 Å². The molecule has 0 aliphatic carbocycles. The lowest BCUT2D eigenvalue weighted by Crippen LogP contribution is -2.30. The van der Waals surface area contributed by atoms with Gasteiger partial charge in [0.05, 0.1) is 17.1 Å². The largest absolute Gasteiger partial charge is 0.373 e. The van der Waals surface area contributed by atoms with Gasteiger partial charge in [-0.15, -0.1) is 0 Å². The summed E-state index contributed by atoms with van der Waals surface area (Å²) in [6.45, 7) is 0.771. The van der Waals surface area contributed by atoms with Gasteiger partial charge >= 0.3 is 0 Å². The van der Waals surface area contributed by atoms with Gasteiger partial charge in [-0.3, -0.25) is 9.78 Å². The summed E-state index contributed by atoms with van der Waals surface area (Å²) in [5.74, 6) is 0.868. The van der Waals surface area contributed by atoms with E-state index in [0.29, 0.717) is 5.56 Å². The summed E-state index contributed by atoms with van der Waals surface area (Å²) in [5, 5.41) is 4.05. The van der Waals surface area contributed by atoms with Gasteiger partial charge in [0.25, 0.3) is 5.91 Å². The van der Waals surface area contributed by atoms with Gasteiger partial charge < -0.3 is 10.2 Å². The summed E-state index contributed by atoms with van der Waals surface area (Å²) in [6, 6.07) is 13.9. The summed E-state index contributed by atoms with van der Waals surface area (Å²) < 4.78 is 0. The van der Waals surface area contributed by atoms with E-state index in [9.17, 15) is 4.79 Å². The molecule has 4 rings (SSSR count). The average molecular weight is 332 g/mol. The summed E-state index contributed by atoms with van der Waals surface area (Å²) in [6.07, 6.45) is 5.46. The third-order valence-electron chi connectivity index (χ3n) is 4.78. The number of nitrogens with zero attached hydrogens (tertiary/aromatic N) is 3. The first kappa shape index (κ1) is 15.6. The van der Waals surface area contributed by atoms with Crippen molar-refractivity contribution in [1.82, 2.24) is 14.9 Å². The molecule has 1 fully saturated rings. The quantitative estimate of drug-likeness (QED) is 0.795. The lowest BCUT2D eigenvalue weighted by atomic mass is 10.0. The van der Waals surface area contributed by atoms with E-state index in [2.05, 4.69) is 15.3 Å². The predicted molar refractivity (Wildman–Crippen MR) is 98.5 cm³/mol. The highest BCUT2D eigenvalue weighted by Crippen LogP contribution is 2.33. The van der Waals surface area contributed by atoms with Gasteiger partial charge in [0, 0.05) is 31.4 Å². The minimum atomic E-state index is 0.0450. The zero-order valence-electron chi connectivity index (χ0n) is 14.1. The van der Waals surface area contributed by atoms with Crippen LogP contribution in [0.3, 0.4) is 0 Å². The Hall–Kier alpha value is -2.95. The Balaban J connectivity index is 1.65. The van der Waals surface area contributed by atoms with Crippen LogP contribution in [0.5, 0.6) is 0 Å². The summed E-state index contributed by atoms with van der Waals surface area (Å²) in [5.41, 5.74) is 2.68. The van der Waals surface area contributed by atoms with Crippen molar-refractivity contribution in [2.24, 2.45) is 0 Å². The molecule has 1 aromatic carbocycles. The maximum Gasteiger partial charge on any atom is 0.255 e. The highest BCUT2D eigenvalue weighted by Gasteiger charge is 2.31. The monoisotopic (exact) mass is 332 g/mol. The van der Waals surface area contributed by atoms with E-state index in [1.807, 2.05) is 54.4 Å². The number of carbonyl (C=O) groups excluding carboxylic acids is 1. The van der Waals surface area contributed by atoms with Crippen LogP contribution in [0.4, 0.5) is 5.82 Å². The molecule has 1 N–H and O–H groups in total. The van der Waals surface area contributed by atoms with Crippen LogP contribution in [-0.2, 0) is 0 Å². The van der Waals surface area contributed by atoms with Crippen molar-refractivity contribution < 1.29 is 4.79 Å². The first-order valence-electron chi connectivity index (χ1n) is 8.56. The molecular weight excluding hydrogens is 312 g/mol. The summed E-state index contributed by atoms with van der Waals surface area (Å²) in [7, 11) is 1.85. The van der Waals surface area contributed by atoms with Crippen LogP contribution in [0.15, 0.2) is 54.9 Å². The molecule has 3 aromatic rings. The van der Waals surface area contributed by atoms with Gasteiger partial charge in [-0.05, 0) is 42.7 Å². The van der Waals surface area contributed by atoms with E-state index >= 15 is 0 Å². The van der Waals surface area contributed by atoms with Crippen LogP contribution in [0.25, 0.3) is 10.9 Å². The average Bonchev–Trinajstić information content (AvgIpc) is 3.17. The fraction of sp³-hybridized carbons (Fsp3) is 0.250. The molecule has 3 heterocycles. The Morgan fingerprint density at radius 1 is 1.20 bits per heavy atom. The van der Waals surface area contributed by atoms with E-state index in [1.54, 1.807) is 12.4 Å². The molecule has 2 aromatic heterocycles. The molecule has 0 saturated carbocycles. The number of pyridine rings is 2. The molecule has 1 amide bonds. The number of anilines is 1. The Labute approximate surface area is 146 Å². The van der Waals surface area contributed by atoms with E-state index < -0.39 is 0 Å². The maximum absolute atomic E-state index is 13.1. The molecule has 5 nitrogen and oxygen atoms in total. The van der Waals surface area contributed by atoms with Crippen LogP contribution in [0.1, 0.15) is 34.8 Å². The third-order valence-corrected chi connectivity index (χ3v) is 4.78. The molecule has 5 heteroatoms. The Morgan fingerprint density at radius 3 is 2.96 bits per heavy atom. The van der Waals surface area contributed by atoms with Gasteiger partial charge in [0.15, 0.2) is 0 Å². The predicted octanol–water partition coefficient (Wildman–Crippen LogP) is 3.65. The molecule has 0 spiro atoms. The SMILES string of the molecule is CNc1cc([C@@H]2CCCN2C(=O)c2cnc3ccccc3c2)ccn1. The van der Waals surface area contributed by atoms with Crippen molar-refractivity contribution in [2.75, 3.05) is 18.9 Å². The number of amides is 1. The van der Waals surface area contributed by atoms with Crippen molar-refractivity contribution in [3.8, 4) is 0 Å². The number of hydrogen-bond donors (Lipinski definition) is 1. The molecule has 1 saturated heterocycles. The Morgan fingerprint density at radius 2 is 2.08 bits per heavy atom. The molecule has 1 aliphatic rings. The van der Waals surface area contributed by atoms with Crippen molar-refractivity contribution in [2.45, 2.75) is 18.9 Å². The first-order chi connectivity index (χ1) is 12.3. The number of nitrogens with one attached hydrogen (secondary N) is 1. The number of carbonyl (C=O) groups is 1. The van der Waals surface area contributed by atoms with Crippen molar-refractivity contribution in [1.29, 1.82) is 0 Å². The zero-order valence-corrected chi connectivity index (χ0v) is 14.1. The van der Waals surface area contributed by atoms with Crippen molar-refractivity contribution in [3.05, 3.63) is 66.0 Å². The summed E-state index contributed by atoms with van der Waals surface area (Å²) in [4.78, 5) is 23.7. The molecule has 1 aliphatic heterocycles. The lowest BCUT2D eigenvalue weighted by molar-refractivity contribution is 0.0735. The standard InChI is InChI=1S/C20H20N4O/c1-21-19-12-15(8-9-22-19)18-7-4-10-24(18)20(25)16-11-14-5-2-3-6-17(14)23-13-16/h2-3,5-6,8-9,11-13,18H,4,7,10H2,1H3,(H,21,22)/t18-/m0/s1. The first-order valence-corrected chi connectivity index (χ1v) is 8.56.